The lowest BCUT2D eigenvalue weighted by Gasteiger charge is -2.17. The molecule has 0 radical (unpaired) electrons. The summed E-state index contributed by atoms with van der Waals surface area (Å²) < 4.78 is 5.66. The van der Waals surface area contributed by atoms with E-state index in [1.54, 1.807) is 0 Å². The molecule has 0 bridgehead atoms. The highest BCUT2D eigenvalue weighted by Crippen LogP contribution is 2.16. The van der Waals surface area contributed by atoms with Crippen molar-refractivity contribution in [3.05, 3.63) is 29.8 Å². The van der Waals surface area contributed by atoms with E-state index in [4.69, 9.17) is 4.74 Å². The van der Waals surface area contributed by atoms with Gasteiger partial charge in [0.2, 0.25) is 0 Å². The molecule has 0 aliphatic heterocycles. The van der Waals surface area contributed by atoms with Crippen molar-refractivity contribution in [3.63, 3.8) is 0 Å². The van der Waals surface area contributed by atoms with Crippen LogP contribution in [0.15, 0.2) is 24.3 Å². The molecule has 0 aliphatic rings. The maximum Gasteiger partial charge on any atom is 0.119 e. The molecule has 0 aliphatic carbocycles. The predicted octanol–water partition coefficient (Wildman–Crippen LogP) is 4.18. The van der Waals surface area contributed by atoms with E-state index >= 15 is 0 Å². The summed E-state index contributed by atoms with van der Waals surface area (Å²) in [6.45, 7) is 9.61. The van der Waals surface area contributed by atoms with E-state index in [9.17, 15) is 0 Å². The molecule has 2 nitrogen and oxygen atoms in total. The van der Waals surface area contributed by atoms with Gasteiger partial charge in [0.25, 0.3) is 0 Å². The highest BCUT2D eigenvalue weighted by atomic mass is 16.5. The molecule has 0 heterocycles. The molecule has 1 rings (SSSR count). The summed E-state index contributed by atoms with van der Waals surface area (Å²) in [5.74, 6) is 0.968. The van der Waals surface area contributed by atoms with E-state index < -0.39 is 0 Å². The van der Waals surface area contributed by atoms with Crippen LogP contribution in [0.25, 0.3) is 0 Å². The second kappa shape index (κ2) is 8.98. The molecule has 0 saturated heterocycles. The van der Waals surface area contributed by atoms with Crippen molar-refractivity contribution in [1.82, 2.24) is 5.32 Å². The summed E-state index contributed by atoms with van der Waals surface area (Å²) in [7, 11) is 0. The van der Waals surface area contributed by atoms with Crippen LogP contribution in [0.5, 0.6) is 5.75 Å². The standard InChI is InChI=1S/C17H29NO/c1-5-7-16(18-6-2)11-8-15-9-12-17(13-10-15)19-14(3)4/h9-10,12-14,16,18H,5-8,11H2,1-4H3. The minimum absolute atomic E-state index is 0.244. The lowest BCUT2D eigenvalue weighted by atomic mass is 10.0. The lowest BCUT2D eigenvalue weighted by Crippen LogP contribution is -2.29. The van der Waals surface area contributed by atoms with Gasteiger partial charge in [0.1, 0.15) is 5.75 Å². The van der Waals surface area contributed by atoms with E-state index in [-0.39, 0.29) is 6.10 Å². The van der Waals surface area contributed by atoms with Crippen molar-refractivity contribution in [2.75, 3.05) is 6.54 Å². The molecular weight excluding hydrogens is 234 g/mol. The average Bonchev–Trinajstić information content (AvgIpc) is 2.37. The number of hydrogen-bond acceptors (Lipinski definition) is 2. The molecule has 0 fully saturated rings. The number of rotatable bonds is 9. The minimum atomic E-state index is 0.244. The molecule has 0 saturated carbocycles. The van der Waals surface area contributed by atoms with Crippen LogP contribution in [0, 0.1) is 0 Å². The van der Waals surface area contributed by atoms with E-state index in [1.165, 1.54) is 24.8 Å². The van der Waals surface area contributed by atoms with Crippen molar-refractivity contribution < 1.29 is 4.74 Å². The summed E-state index contributed by atoms with van der Waals surface area (Å²) in [5.41, 5.74) is 1.40. The number of benzene rings is 1. The smallest absolute Gasteiger partial charge is 0.119 e. The van der Waals surface area contributed by atoms with E-state index in [2.05, 4.69) is 57.3 Å². The van der Waals surface area contributed by atoms with Crippen molar-refractivity contribution in [2.45, 2.75) is 65.5 Å². The average molecular weight is 263 g/mol. The van der Waals surface area contributed by atoms with E-state index in [0.29, 0.717) is 6.04 Å². The molecule has 1 aromatic carbocycles. The minimum Gasteiger partial charge on any atom is -0.491 e. The highest BCUT2D eigenvalue weighted by molar-refractivity contribution is 5.27. The van der Waals surface area contributed by atoms with Gasteiger partial charge in [-0.05, 0) is 57.4 Å². The Balaban J connectivity index is 2.43. The van der Waals surface area contributed by atoms with Gasteiger partial charge in [0.15, 0.2) is 0 Å². The van der Waals surface area contributed by atoms with Crippen LogP contribution in [0.4, 0.5) is 0 Å². The van der Waals surface area contributed by atoms with Crippen molar-refractivity contribution >= 4 is 0 Å². The third kappa shape index (κ3) is 6.63. The van der Waals surface area contributed by atoms with Crippen LogP contribution in [0.1, 0.15) is 52.5 Å². The first kappa shape index (κ1) is 16.0. The molecule has 1 N–H and O–H groups in total. The van der Waals surface area contributed by atoms with E-state index in [1.807, 2.05) is 0 Å². The van der Waals surface area contributed by atoms with Gasteiger partial charge in [-0.2, -0.15) is 0 Å². The monoisotopic (exact) mass is 263 g/mol. The lowest BCUT2D eigenvalue weighted by molar-refractivity contribution is 0.242. The second-order valence-corrected chi connectivity index (χ2v) is 5.39. The summed E-state index contributed by atoms with van der Waals surface area (Å²) in [4.78, 5) is 0. The SMILES string of the molecule is CCCC(CCc1ccc(OC(C)C)cc1)NCC. The molecule has 0 spiro atoms. The third-order valence-corrected chi connectivity index (χ3v) is 3.21. The first-order valence-corrected chi connectivity index (χ1v) is 7.64. The van der Waals surface area contributed by atoms with Crippen LogP contribution >= 0.6 is 0 Å². The Kier molecular flexibility index (Phi) is 7.57. The maximum atomic E-state index is 5.66. The fourth-order valence-electron chi connectivity index (χ4n) is 2.33. The third-order valence-electron chi connectivity index (χ3n) is 3.21. The number of aryl methyl sites for hydroxylation is 1. The Labute approximate surface area is 118 Å². The Morgan fingerprint density at radius 2 is 1.74 bits per heavy atom. The van der Waals surface area contributed by atoms with Gasteiger partial charge in [0, 0.05) is 6.04 Å². The summed E-state index contributed by atoms with van der Waals surface area (Å²) in [6.07, 6.45) is 5.11. The molecule has 0 amide bonds. The Hall–Kier alpha value is -1.02. The summed E-state index contributed by atoms with van der Waals surface area (Å²) in [6, 6.07) is 9.19. The summed E-state index contributed by atoms with van der Waals surface area (Å²) in [5, 5.41) is 3.57. The van der Waals surface area contributed by atoms with Crippen LogP contribution in [-0.4, -0.2) is 18.7 Å². The molecule has 0 aromatic heterocycles. The largest absolute Gasteiger partial charge is 0.491 e. The van der Waals surface area contributed by atoms with Gasteiger partial charge in [-0.3, -0.25) is 0 Å². The van der Waals surface area contributed by atoms with E-state index in [0.717, 1.165) is 18.7 Å². The van der Waals surface area contributed by atoms with Gasteiger partial charge in [0.05, 0.1) is 6.10 Å². The fourth-order valence-corrected chi connectivity index (χ4v) is 2.33. The van der Waals surface area contributed by atoms with Crippen LogP contribution < -0.4 is 10.1 Å². The van der Waals surface area contributed by atoms with Gasteiger partial charge >= 0.3 is 0 Å². The first-order valence-electron chi connectivity index (χ1n) is 7.64. The molecule has 1 aromatic rings. The molecule has 19 heavy (non-hydrogen) atoms. The zero-order chi connectivity index (χ0) is 14.1. The molecule has 108 valence electrons. The Morgan fingerprint density at radius 1 is 1.05 bits per heavy atom. The molecule has 1 unspecified atom stereocenters. The zero-order valence-electron chi connectivity index (χ0n) is 12.9. The number of hydrogen-bond donors (Lipinski definition) is 1. The molecule has 2 heteroatoms. The topological polar surface area (TPSA) is 21.3 Å². The predicted molar refractivity (Wildman–Crippen MR) is 82.9 cm³/mol. The van der Waals surface area contributed by atoms with Gasteiger partial charge in [-0.15, -0.1) is 0 Å². The summed E-state index contributed by atoms with van der Waals surface area (Å²) >= 11 is 0. The van der Waals surface area contributed by atoms with Crippen LogP contribution in [0.2, 0.25) is 0 Å². The first-order chi connectivity index (χ1) is 9.15. The Bertz CT molecular complexity index is 326. The fraction of sp³-hybridized carbons (Fsp3) is 0.647. The molecular formula is C17H29NO. The normalized spacial score (nSPS) is 12.7. The Morgan fingerprint density at radius 3 is 2.26 bits per heavy atom. The van der Waals surface area contributed by atoms with Gasteiger partial charge in [-0.1, -0.05) is 32.4 Å². The quantitative estimate of drug-likeness (QED) is 0.721. The van der Waals surface area contributed by atoms with Crippen LogP contribution in [-0.2, 0) is 6.42 Å². The zero-order valence-corrected chi connectivity index (χ0v) is 12.9. The highest BCUT2D eigenvalue weighted by Gasteiger charge is 2.06. The van der Waals surface area contributed by atoms with Crippen molar-refractivity contribution in [3.8, 4) is 5.75 Å². The van der Waals surface area contributed by atoms with Crippen molar-refractivity contribution in [1.29, 1.82) is 0 Å². The van der Waals surface area contributed by atoms with Gasteiger partial charge < -0.3 is 10.1 Å². The number of ether oxygens (including phenoxy) is 1. The number of nitrogens with one attached hydrogen (secondary N) is 1. The maximum absolute atomic E-state index is 5.66. The van der Waals surface area contributed by atoms with Gasteiger partial charge in [-0.25, -0.2) is 0 Å². The van der Waals surface area contributed by atoms with Crippen molar-refractivity contribution in [2.24, 2.45) is 0 Å². The van der Waals surface area contributed by atoms with Crippen LogP contribution in [0.3, 0.4) is 0 Å². The molecule has 1 atom stereocenters. The second-order valence-electron chi connectivity index (χ2n) is 5.39.